The summed E-state index contributed by atoms with van der Waals surface area (Å²) in [5.74, 6) is 5.09. The van der Waals surface area contributed by atoms with Gasteiger partial charge >= 0.3 is 12.4 Å². The van der Waals surface area contributed by atoms with Crippen molar-refractivity contribution < 1.29 is 26.3 Å². The molecule has 2 aromatic carbocycles. The van der Waals surface area contributed by atoms with Gasteiger partial charge in [0.05, 0.1) is 11.1 Å². The summed E-state index contributed by atoms with van der Waals surface area (Å²) in [5.41, 5.74) is 9.44. The van der Waals surface area contributed by atoms with Crippen molar-refractivity contribution in [2.24, 2.45) is 22.1 Å². The largest absolute Gasteiger partial charge is 0.416 e. The van der Waals surface area contributed by atoms with E-state index in [1.807, 2.05) is 30.0 Å². The number of nitrogens with two attached hydrogens (primary N) is 2. The summed E-state index contributed by atoms with van der Waals surface area (Å²) in [7, 11) is 0. The van der Waals surface area contributed by atoms with Crippen LogP contribution in [-0.4, -0.2) is 23.3 Å². The number of alkyl halides is 6. The van der Waals surface area contributed by atoms with Crippen molar-refractivity contribution in [3.05, 3.63) is 87.6 Å². The van der Waals surface area contributed by atoms with Crippen LogP contribution in [0.3, 0.4) is 0 Å². The second-order valence-corrected chi connectivity index (χ2v) is 12.2. The first-order valence-electron chi connectivity index (χ1n) is 14.1. The van der Waals surface area contributed by atoms with Gasteiger partial charge in [0.1, 0.15) is 5.84 Å². The number of hydrogen-bond acceptors (Lipinski definition) is 3. The van der Waals surface area contributed by atoms with Gasteiger partial charge in [-0.25, -0.2) is 0 Å². The highest BCUT2D eigenvalue weighted by Gasteiger charge is 2.41. The smallest absolute Gasteiger partial charge is 0.382 e. The Labute approximate surface area is 243 Å². The van der Waals surface area contributed by atoms with Crippen molar-refractivity contribution in [1.82, 2.24) is 4.90 Å². The lowest BCUT2D eigenvalue weighted by atomic mass is 9.72. The summed E-state index contributed by atoms with van der Waals surface area (Å²) < 4.78 is 81.6. The van der Waals surface area contributed by atoms with E-state index >= 15 is 0 Å². The lowest BCUT2D eigenvalue weighted by Gasteiger charge is -2.37. The molecule has 0 spiro atoms. The van der Waals surface area contributed by atoms with Gasteiger partial charge in [-0.3, -0.25) is 0 Å². The van der Waals surface area contributed by atoms with E-state index < -0.39 is 29.4 Å². The van der Waals surface area contributed by atoms with E-state index in [2.05, 4.69) is 32.5 Å². The van der Waals surface area contributed by atoms with E-state index in [-0.39, 0.29) is 35.3 Å². The van der Waals surface area contributed by atoms with Gasteiger partial charge in [-0.05, 0) is 96.5 Å². The lowest BCUT2D eigenvalue weighted by Crippen LogP contribution is -2.33. The molecule has 1 aliphatic heterocycles. The number of halogens is 6. The Morgan fingerprint density at radius 1 is 1.05 bits per heavy atom. The van der Waals surface area contributed by atoms with Crippen molar-refractivity contribution in [3.8, 4) is 0 Å². The third-order valence-electron chi connectivity index (χ3n) is 8.76. The van der Waals surface area contributed by atoms with Gasteiger partial charge in [0, 0.05) is 29.8 Å². The molecule has 4 N–H and O–H groups in total. The number of hydrogen-bond donors (Lipinski definition) is 2. The second-order valence-electron chi connectivity index (χ2n) is 12.2. The molecular formula is C32H38F6N4. The van der Waals surface area contributed by atoms with Crippen LogP contribution in [0.5, 0.6) is 0 Å². The van der Waals surface area contributed by atoms with E-state index in [0.29, 0.717) is 17.8 Å². The van der Waals surface area contributed by atoms with Crippen molar-refractivity contribution >= 4 is 11.4 Å². The molecule has 1 heterocycles. The number of nitrogens with zero attached hydrogens (tertiary/aromatic N) is 2. The van der Waals surface area contributed by atoms with E-state index in [4.69, 9.17) is 11.6 Å². The summed E-state index contributed by atoms with van der Waals surface area (Å²) >= 11 is 0. The van der Waals surface area contributed by atoms with Crippen LogP contribution in [0.2, 0.25) is 0 Å². The van der Waals surface area contributed by atoms with Crippen LogP contribution in [0.1, 0.15) is 92.7 Å². The first-order chi connectivity index (χ1) is 19.4. The summed E-state index contributed by atoms with van der Waals surface area (Å²) in [6.45, 7) is 13.0. The minimum absolute atomic E-state index is 0.0176. The molecule has 1 fully saturated rings. The van der Waals surface area contributed by atoms with E-state index in [9.17, 15) is 26.3 Å². The molecule has 0 amide bonds. The van der Waals surface area contributed by atoms with Crippen molar-refractivity contribution in [2.45, 2.75) is 84.1 Å². The first kappa shape index (κ1) is 31.5. The third kappa shape index (κ3) is 6.47. The van der Waals surface area contributed by atoms with Gasteiger partial charge < -0.3 is 16.5 Å². The molecule has 2 atom stereocenters. The van der Waals surface area contributed by atoms with Crippen LogP contribution < -0.4 is 11.6 Å². The van der Waals surface area contributed by atoms with Crippen LogP contribution in [0.25, 0.3) is 5.57 Å². The SMILES string of the molecule is C=C1CC(c2cc(C(F)(F)F)cc(C(F)(F)F)c2)C(C)N1CC1=C(c2cc(/C(N)=N/N)ccc2CC)CCC(C)(C)C1. The van der Waals surface area contributed by atoms with E-state index in [1.54, 1.807) is 0 Å². The normalized spacial score (nSPS) is 21.8. The average molecular weight is 593 g/mol. The Morgan fingerprint density at radius 3 is 2.21 bits per heavy atom. The number of likely N-dealkylation sites (tertiary alicyclic amines) is 1. The molecule has 2 unspecified atom stereocenters. The van der Waals surface area contributed by atoms with Crippen molar-refractivity contribution in [1.29, 1.82) is 0 Å². The Morgan fingerprint density at radius 2 is 1.67 bits per heavy atom. The zero-order chi connectivity index (χ0) is 31.2. The average Bonchev–Trinajstić information content (AvgIpc) is 3.19. The van der Waals surface area contributed by atoms with E-state index in [1.165, 1.54) is 11.1 Å². The van der Waals surface area contributed by atoms with Gasteiger partial charge in [0.2, 0.25) is 0 Å². The minimum Gasteiger partial charge on any atom is -0.382 e. The zero-order valence-corrected chi connectivity index (χ0v) is 24.4. The van der Waals surface area contributed by atoms with Gasteiger partial charge in [-0.2, -0.15) is 31.4 Å². The van der Waals surface area contributed by atoms with Crippen LogP contribution in [0.15, 0.2) is 59.3 Å². The van der Waals surface area contributed by atoms with Crippen molar-refractivity contribution in [2.75, 3.05) is 6.54 Å². The molecule has 2 aliphatic rings. The van der Waals surface area contributed by atoms with Gasteiger partial charge in [0.15, 0.2) is 0 Å². The molecule has 42 heavy (non-hydrogen) atoms. The number of rotatable bonds is 6. The molecule has 1 saturated heterocycles. The quantitative estimate of drug-likeness (QED) is 0.117. The Balaban J connectivity index is 1.76. The highest BCUT2D eigenvalue weighted by atomic mass is 19.4. The molecule has 0 bridgehead atoms. The maximum Gasteiger partial charge on any atom is 0.416 e. The van der Waals surface area contributed by atoms with Crippen LogP contribution >= 0.6 is 0 Å². The predicted octanol–water partition coefficient (Wildman–Crippen LogP) is 8.22. The fourth-order valence-electron chi connectivity index (χ4n) is 6.39. The Hall–Kier alpha value is -3.43. The molecule has 4 rings (SSSR count). The first-order valence-corrected chi connectivity index (χ1v) is 14.1. The minimum atomic E-state index is -4.90. The number of aryl methyl sites for hydroxylation is 1. The van der Waals surface area contributed by atoms with Gasteiger partial charge in [-0.1, -0.05) is 39.5 Å². The fourth-order valence-corrected chi connectivity index (χ4v) is 6.39. The molecule has 228 valence electrons. The highest BCUT2D eigenvalue weighted by Crippen LogP contribution is 2.47. The number of allylic oxidation sites excluding steroid dienone is 2. The highest BCUT2D eigenvalue weighted by molar-refractivity contribution is 5.98. The molecule has 0 saturated carbocycles. The van der Waals surface area contributed by atoms with Crippen LogP contribution in [-0.2, 0) is 18.8 Å². The fraction of sp³-hybridized carbons (Fsp3) is 0.469. The van der Waals surface area contributed by atoms with E-state index in [0.717, 1.165) is 48.9 Å². The molecule has 2 aromatic rings. The molecular weight excluding hydrogens is 554 g/mol. The summed E-state index contributed by atoms with van der Waals surface area (Å²) in [4.78, 5) is 2.04. The standard InChI is InChI=1S/C32H38F6N4/c1-6-20-7-8-21(29(39)41-40)14-28(20)26-9-10-30(4,5)16-23(26)17-42-18(2)11-27(19(42)3)22-12-24(31(33,34)35)15-25(13-22)32(36,37)38/h7-8,12-15,19,27H,2,6,9-11,16-17,40H2,1,3-5H3,(H2,39,41). The second kappa shape index (κ2) is 11.3. The molecule has 10 heteroatoms. The number of amidine groups is 1. The molecule has 4 nitrogen and oxygen atoms in total. The molecule has 0 radical (unpaired) electrons. The van der Waals surface area contributed by atoms with Crippen LogP contribution in [0, 0.1) is 5.41 Å². The lowest BCUT2D eigenvalue weighted by molar-refractivity contribution is -0.143. The van der Waals surface area contributed by atoms with Gasteiger partial charge in [0.25, 0.3) is 0 Å². The summed E-state index contributed by atoms with van der Waals surface area (Å²) in [6.07, 6.45) is -6.16. The predicted molar refractivity (Wildman–Crippen MR) is 154 cm³/mol. The maximum absolute atomic E-state index is 13.6. The Bertz CT molecular complexity index is 1380. The maximum atomic E-state index is 13.6. The summed E-state index contributed by atoms with van der Waals surface area (Å²) in [5, 5.41) is 3.64. The summed E-state index contributed by atoms with van der Waals surface area (Å²) in [6, 6.07) is 7.43. The topological polar surface area (TPSA) is 67.6 Å². The third-order valence-corrected chi connectivity index (χ3v) is 8.76. The monoisotopic (exact) mass is 592 g/mol. The van der Waals surface area contributed by atoms with Gasteiger partial charge in [-0.15, -0.1) is 0 Å². The molecule has 0 aromatic heterocycles. The zero-order valence-electron chi connectivity index (χ0n) is 24.4. The Kier molecular flexibility index (Phi) is 8.50. The molecule has 1 aliphatic carbocycles. The van der Waals surface area contributed by atoms with Crippen molar-refractivity contribution in [3.63, 3.8) is 0 Å². The van der Waals surface area contributed by atoms with Crippen LogP contribution in [0.4, 0.5) is 26.3 Å². The number of benzene rings is 2. The number of hydrazone groups is 1.